The average molecular weight is 336 g/mol. The van der Waals surface area contributed by atoms with Crippen LogP contribution < -0.4 is 15.1 Å². The number of hydrogen-bond acceptors (Lipinski definition) is 4. The fourth-order valence-corrected chi connectivity index (χ4v) is 3.05. The number of carbonyl (C=O) groups excluding carboxylic acids is 1. The number of hydrogen-bond donors (Lipinski definition) is 1. The Morgan fingerprint density at radius 3 is 2.80 bits per heavy atom. The van der Waals surface area contributed by atoms with Crippen LogP contribution in [0.3, 0.4) is 0 Å². The Morgan fingerprint density at radius 2 is 2.12 bits per heavy atom. The van der Waals surface area contributed by atoms with Gasteiger partial charge in [-0.05, 0) is 36.8 Å². The molecule has 2 aromatic rings. The monoisotopic (exact) mass is 336 g/mol. The Balaban J connectivity index is 1.91. The topological polar surface area (TPSA) is 48.5 Å². The second kappa shape index (κ2) is 7.38. The first-order chi connectivity index (χ1) is 12.1. The number of carbonyl (C=O) groups is 1. The normalized spacial score (nSPS) is 13.6. The summed E-state index contributed by atoms with van der Waals surface area (Å²) in [5.74, 6) is 0.0928. The molecule has 0 unspecified atom stereocenters. The molecule has 5 nitrogen and oxygen atoms in total. The van der Waals surface area contributed by atoms with Crippen molar-refractivity contribution in [2.24, 2.45) is 0 Å². The highest BCUT2D eigenvalue weighted by molar-refractivity contribution is 6.04. The molecule has 1 aromatic heterocycles. The van der Waals surface area contributed by atoms with Crippen LogP contribution in [0.4, 0.5) is 17.1 Å². The van der Waals surface area contributed by atoms with Gasteiger partial charge in [-0.1, -0.05) is 19.6 Å². The van der Waals surface area contributed by atoms with Gasteiger partial charge in [0.1, 0.15) is 6.54 Å². The lowest BCUT2D eigenvalue weighted by Crippen LogP contribution is -2.46. The number of nitrogens with one attached hydrogen (secondary N) is 1. The molecule has 1 aliphatic heterocycles. The molecule has 2 heterocycles. The smallest absolute Gasteiger partial charge is 0.247 e. The van der Waals surface area contributed by atoms with Gasteiger partial charge in [0.25, 0.3) is 0 Å². The molecular weight excluding hydrogens is 312 g/mol. The van der Waals surface area contributed by atoms with Crippen LogP contribution in [-0.4, -0.2) is 31.0 Å². The van der Waals surface area contributed by atoms with Gasteiger partial charge < -0.3 is 15.1 Å². The number of nitrogens with zero attached hydrogens (tertiary/aromatic N) is 3. The minimum atomic E-state index is 0.0928. The maximum atomic E-state index is 12.8. The van der Waals surface area contributed by atoms with E-state index in [1.807, 2.05) is 47.2 Å². The summed E-state index contributed by atoms with van der Waals surface area (Å²) < 4.78 is 0. The molecule has 3 rings (SSSR count). The predicted molar refractivity (Wildman–Crippen MR) is 103 cm³/mol. The SMILES string of the molecule is C=C(CC)N1CC(=O)N(CCc2ccccn2)c2ccc(NC)cc21. The van der Waals surface area contributed by atoms with Crippen LogP contribution in [-0.2, 0) is 11.2 Å². The molecule has 0 saturated carbocycles. The third-order valence-electron chi connectivity index (χ3n) is 4.55. The van der Waals surface area contributed by atoms with Gasteiger partial charge in [-0.15, -0.1) is 0 Å². The molecule has 1 N–H and O–H groups in total. The van der Waals surface area contributed by atoms with Crippen molar-refractivity contribution in [3.8, 4) is 0 Å². The molecule has 5 heteroatoms. The van der Waals surface area contributed by atoms with E-state index < -0.39 is 0 Å². The highest BCUT2D eigenvalue weighted by Crippen LogP contribution is 2.38. The number of amides is 1. The van der Waals surface area contributed by atoms with Crippen molar-refractivity contribution in [3.05, 3.63) is 60.6 Å². The molecule has 0 bridgehead atoms. The molecule has 1 amide bonds. The second-order valence-electron chi connectivity index (χ2n) is 6.08. The Kier molecular flexibility index (Phi) is 5.03. The summed E-state index contributed by atoms with van der Waals surface area (Å²) in [6, 6.07) is 11.9. The number of fused-ring (bicyclic) bond motifs is 1. The van der Waals surface area contributed by atoms with Gasteiger partial charge in [-0.3, -0.25) is 9.78 Å². The lowest BCUT2D eigenvalue weighted by molar-refractivity contribution is -0.117. The van der Waals surface area contributed by atoms with Gasteiger partial charge in [0, 0.05) is 43.3 Å². The minimum absolute atomic E-state index is 0.0928. The van der Waals surface area contributed by atoms with Crippen LogP contribution in [0.1, 0.15) is 19.0 Å². The number of pyridine rings is 1. The van der Waals surface area contributed by atoms with E-state index in [0.717, 1.165) is 41.3 Å². The van der Waals surface area contributed by atoms with E-state index in [0.29, 0.717) is 13.1 Å². The first-order valence-electron chi connectivity index (χ1n) is 8.61. The highest BCUT2D eigenvalue weighted by Gasteiger charge is 2.30. The summed E-state index contributed by atoms with van der Waals surface area (Å²) in [4.78, 5) is 21.0. The van der Waals surface area contributed by atoms with Crippen LogP contribution in [0.25, 0.3) is 0 Å². The summed E-state index contributed by atoms with van der Waals surface area (Å²) >= 11 is 0. The molecule has 130 valence electrons. The van der Waals surface area contributed by atoms with Crippen LogP contribution in [0.15, 0.2) is 54.9 Å². The molecule has 0 spiro atoms. The maximum Gasteiger partial charge on any atom is 0.247 e. The van der Waals surface area contributed by atoms with E-state index in [2.05, 4.69) is 29.9 Å². The van der Waals surface area contributed by atoms with Gasteiger partial charge in [-0.2, -0.15) is 0 Å². The van der Waals surface area contributed by atoms with E-state index in [1.165, 1.54) is 0 Å². The molecule has 0 radical (unpaired) electrons. The number of rotatable bonds is 6. The van der Waals surface area contributed by atoms with E-state index in [-0.39, 0.29) is 5.91 Å². The standard InChI is InChI=1S/C20H24N4O/c1-4-15(2)24-14-20(25)23(12-10-16-7-5-6-11-22-16)18-9-8-17(21-3)13-19(18)24/h5-9,11,13,21H,2,4,10,12,14H2,1,3H3. The van der Waals surface area contributed by atoms with Crippen LogP contribution in [0.2, 0.25) is 0 Å². The van der Waals surface area contributed by atoms with Crippen LogP contribution >= 0.6 is 0 Å². The summed E-state index contributed by atoms with van der Waals surface area (Å²) in [6.45, 7) is 7.13. The molecule has 0 aliphatic carbocycles. The fraction of sp³-hybridized carbons (Fsp3) is 0.300. The summed E-state index contributed by atoms with van der Waals surface area (Å²) in [7, 11) is 1.90. The van der Waals surface area contributed by atoms with Gasteiger partial charge in [0.2, 0.25) is 5.91 Å². The predicted octanol–water partition coefficient (Wildman–Crippen LogP) is 3.44. The number of aromatic nitrogens is 1. The van der Waals surface area contributed by atoms with Gasteiger partial charge in [0.15, 0.2) is 0 Å². The van der Waals surface area contributed by atoms with Crippen molar-refractivity contribution >= 4 is 23.0 Å². The van der Waals surface area contributed by atoms with Crippen LogP contribution in [0.5, 0.6) is 0 Å². The van der Waals surface area contributed by atoms with E-state index in [1.54, 1.807) is 6.20 Å². The summed E-state index contributed by atoms with van der Waals surface area (Å²) in [5, 5.41) is 3.17. The third kappa shape index (κ3) is 3.50. The zero-order valence-corrected chi connectivity index (χ0v) is 14.8. The van der Waals surface area contributed by atoms with E-state index >= 15 is 0 Å². The van der Waals surface area contributed by atoms with Crippen molar-refractivity contribution in [3.63, 3.8) is 0 Å². The van der Waals surface area contributed by atoms with Crippen molar-refractivity contribution in [1.29, 1.82) is 0 Å². The Labute approximate surface area is 149 Å². The second-order valence-corrected chi connectivity index (χ2v) is 6.08. The quantitative estimate of drug-likeness (QED) is 0.878. The summed E-state index contributed by atoms with van der Waals surface area (Å²) in [5.41, 5.74) is 4.92. The Bertz CT molecular complexity index is 773. The lowest BCUT2D eigenvalue weighted by atomic mass is 10.1. The third-order valence-corrected chi connectivity index (χ3v) is 4.55. The van der Waals surface area contributed by atoms with Crippen molar-refractivity contribution in [2.75, 3.05) is 35.3 Å². The van der Waals surface area contributed by atoms with Crippen molar-refractivity contribution in [1.82, 2.24) is 4.98 Å². The first kappa shape index (κ1) is 17.0. The molecule has 0 saturated heterocycles. The zero-order valence-electron chi connectivity index (χ0n) is 14.8. The molecule has 1 aromatic carbocycles. The lowest BCUT2D eigenvalue weighted by Gasteiger charge is -2.38. The molecule has 1 aliphatic rings. The zero-order chi connectivity index (χ0) is 17.8. The number of anilines is 3. The Hall–Kier alpha value is -2.82. The Morgan fingerprint density at radius 1 is 1.28 bits per heavy atom. The van der Waals surface area contributed by atoms with Gasteiger partial charge in [-0.25, -0.2) is 0 Å². The van der Waals surface area contributed by atoms with E-state index in [4.69, 9.17) is 0 Å². The van der Waals surface area contributed by atoms with Crippen LogP contribution in [0, 0.1) is 0 Å². The van der Waals surface area contributed by atoms with Crippen molar-refractivity contribution in [2.45, 2.75) is 19.8 Å². The van der Waals surface area contributed by atoms with E-state index in [9.17, 15) is 4.79 Å². The van der Waals surface area contributed by atoms with Gasteiger partial charge >= 0.3 is 0 Å². The van der Waals surface area contributed by atoms with Crippen molar-refractivity contribution < 1.29 is 4.79 Å². The minimum Gasteiger partial charge on any atom is -0.388 e. The highest BCUT2D eigenvalue weighted by atomic mass is 16.2. The summed E-state index contributed by atoms with van der Waals surface area (Å²) in [6.07, 6.45) is 3.33. The number of allylic oxidation sites excluding steroid dienone is 1. The molecule has 25 heavy (non-hydrogen) atoms. The maximum absolute atomic E-state index is 12.8. The first-order valence-corrected chi connectivity index (χ1v) is 8.61. The average Bonchev–Trinajstić information content (AvgIpc) is 2.66. The largest absolute Gasteiger partial charge is 0.388 e. The molecule has 0 atom stereocenters. The molecule has 0 fully saturated rings. The van der Waals surface area contributed by atoms with Gasteiger partial charge in [0.05, 0.1) is 11.4 Å². The molecular formula is C20H24N4O. The fourth-order valence-electron chi connectivity index (χ4n) is 3.05. The number of benzene rings is 1.